The number of aromatic nitrogens is 2. The Morgan fingerprint density at radius 3 is 2.44 bits per heavy atom. The lowest BCUT2D eigenvalue weighted by Crippen LogP contribution is -2.36. The molecule has 10 heteroatoms. The summed E-state index contributed by atoms with van der Waals surface area (Å²) < 4.78 is 42.6. The lowest BCUT2D eigenvalue weighted by molar-refractivity contribution is -0.671. The molecule has 0 amide bonds. The fourth-order valence-corrected chi connectivity index (χ4v) is 4.00. The van der Waals surface area contributed by atoms with Gasteiger partial charge in [0.25, 0.3) is 5.69 Å². The van der Waals surface area contributed by atoms with Gasteiger partial charge in [-0.2, -0.15) is 4.57 Å². The van der Waals surface area contributed by atoms with Gasteiger partial charge in [0.15, 0.2) is 6.20 Å². The predicted molar refractivity (Wildman–Crippen MR) is 128 cm³/mol. The van der Waals surface area contributed by atoms with E-state index in [4.69, 9.17) is 27.3 Å². The lowest BCUT2D eigenvalue weighted by atomic mass is 10.0. The fourth-order valence-electron chi connectivity index (χ4n) is 4.00. The van der Waals surface area contributed by atoms with E-state index in [1.807, 2.05) is 42.1 Å². The minimum Gasteiger partial charge on any atom is -0.726 e. The summed E-state index contributed by atoms with van der Waals surface area (Å²) in [5.41, 5.74) is 7.15. The summed E-state index contributed by atoms with van der Waals surface area (Å²) in [4.78, 5) is 9.77. The Morgan fingerprint density at radius 2 is 1.76 bits per heavy atom. The third kappa shape index (κ3) is 4.60. The number of nitrogens with zero attached hydrogens (tertiary/aromatic N) is 4. The number of pyridine rings is 2. The van der Waals surface area contributed by atoms with Crippen LogP contribution in [-0.4, -0.2) is 40.6 Å². The van der Waals surface area contributed by atoms with Crippen molar-refractivity contribution in [3.8, 4) is 11.1 Å². The van der Waals surface area contributed by atoms with E-state index in [-0.39, 0.29) is 0 Å². The molecule has 0 atom stereocenters. The first-order valence-corrected chi connectivity index (χ1v) is 11.6. The molecule has 0 bridgehead atoms. The van der Waals surface area contributed by atoms with Crippen molar-refractivity contribution in [1.29, 1.82) is 0 Å². The molecule has 0 unspecified atom stereocenters. The molecule has 1 aromatic carbocycles. The zero-order chi connectivity index (χ0) is 24.5. The van der Waals surface area contributed by atoms with Gasteiger partial charge in [0.05, 0.1) is 12.6 Å². The van der Waals surface area contributed by atoms with Crippen molar-refractivity contribution in [1.82, 2.24) is 4.40 Å². The highest BCUT2D eigenvalue weighted by molar-refractivity contribution is 7.79. The number of methoxy groups -OCH3 is 1. The quantitative estimate of drug-likeness (QED) is 0.268. The van der Waals surface area contributed by atoms with E-state index < -0.39 is 10.4 Å². The molecule has 1 aliphatic rings. The number of hydrogen-bond donors (Lipinski definition) is 1. The van der Waals surface area contributed by atoms with Crippen molar-refractivity contribution < 1.29 is 26.8 Å². The number of ether oxygens (including phenoxy) is 1. The molecule has 3 aromatic heterocycles. The van der Waals surface area contributed by atoms with Crippen molar-refractivity contribution in [3.05, 3.63) is 84.3 Å². The second kappa shape index (κ2) is 9.18. The van der Waals surface area contributed by atoms with E-state index in [0.29, 0.717) is 5.90 Å². The summed E-state index contributed by atoms with van der Waals surface area (Å²) >= 11 is 0. The molecule has 0 aliphatic carbocycles. The highest BCUT2D eigenvalue weighted by Gasteiger charge is 2.33. The maximum Gasteiger partial charge on any atom is 0.262 e. The average Bonchev–Trinajstić information content (AvgIpc) is 3.30. The molecule has 5 rings (SSSR count). The van der Waals surface area contributed by atoms with Crippen molar-refractivity contribution in [2.75, 3.05) is 7.11 Å². The van der Waals surface area contributed by atoms with Crippen LogP contribution in [0.4, 0.5) is 11.5 Å². The van der Waals surface area contributed by atoms with Gasteiger partial charge >= 0.3 is 0 Å². The largest absolute Gasteiger partial charge is 0.726 e. The minimum atomic E-state index is -4.92. The van der Waals surface area contributed by atoms with Crippen molar-refractivity contribution in [3.63, 3.8) is 0 Å². The minimum absolute atomic E-state index is 0.532. The van der Waals surface area contributed by atoms with Gasteiger partial charge in [0.2, 0.25) is 22.0 Å². The fraction of sp³-hybridized carbons (Fsp3) is 0.125. The number of aryl methyl sites for hydroxylation is 2. The Morgan fingerprint density at radius 1 is 1.09 bits per heavy atom. The Bertz CT molecular complexity index is 1530. The number of rotatable bonds is 2. The second-order valence-electron chi connectivity index (χ2n) is 7.51. The zero-order valence-corrected chi connectivity index (χ0v) is 19.5. The van der Waals surface area contributed by atoms with E-state index in [1.54, 1.807) is 7.11 Å². The first kappa shape index (κ1) is 23.3. The summed E-state index contributed by atoms with van der Waals surface area (Å²) in [6.45, 7) is 2.15. The molecule has 9 nitrogen and oxygen atoms in total. The van der Waals surface area contributed by atoms with Gasteiger partial charge in [0, 0.05) is 17.8 Å². The summed E-state index contributed by atoms with van der Waals surface area (Å²) in [5, 5.41) is 0. The predicted octanol–water partition coefficient (Wildman–Crippen LogP) is 3.55. The molecule has 0 fully saturated rings. The summed E-state index contributed by atoms with van der Waals surface area (Å²) in [5.74, 6) is 1.41. The van der Waals surface area contributed by atoms with Crippen LogP contribution in [0.25, 0.3) is 16.6 Å². The first-order chi connectivity index (χ1) is 16.2. The van der Waals surface area contributed by atoms with Crippen LogP contribution >= 0.6 is 0 Å². The summed E-state index contributed by atoms with van der Waals surface area (Å²) in [6.07, 6.45) is 4.06. The Labute approximate surface area is 196 Å². The smallest absolute Gasteiger partial charge is 0.262 e. The number of benzene rings is 1. The van der Waals surface area contributed by atoms with E-state index in [9.17, 15) is 0 Å². The van der Waals surface area contributed by atoms with Crippen molar-refractivity contribution in [2.24, 2.45) is 17.0 Å². The maximum absolute atomic E-state index is 8.63. The molecule has 0 radical (unpaired) electrons. The lowest BCUT2D eigenvalue weighted by Gasteiger charge is -2.06. The van der Waals surface area contributed by atoms with Gasteiger partial charge in [0.1, 0.15) is 18.6 Å². The third-order valence-corrected chi connectivity index (χ3v) is 5.35. The molecule has 0 saturated heterocycles. The normalized spacial score (nSPS) is 13.9. The summed E-state index contributed by atoms with van der Waals surface area (Å²) in [7, 11) is -1.28. The monoisotopic (exact) mass is 478 g/mol. The van der Waals surface area contributed by atoms with E-state index in [1.165, 1.54) is 5.56 Å². The van der Waals surface area contributed by atoms with Gasteiger partial charge in [-0.05, 0) is 36.2 Å². The van der Waals surface area contributed by atoms with E-state index >= 15 is 0 Å². The molecular weight excluding hydrogens is 456 g/mol. The van der Waals surface area contributed by atoms with E-state index in [0.717, 1.165) is 39.6 Å². The highest BCUT2D eigenvalue weighted by atomic mass is 32.3. The molecular formula is C24H22N4O5S. The average molecular weight is 479 g/mol. The van der Waals surface area contributed by atoms with Crippen LogP contribution in [-0.2, 0) is 22.2 Å². The zero-order valence-electron chi connectivity index (χ0n) is 18.7. The van der Waals surface area contributed by atoms with Crippen LogP contribution in [0.5, 0.6) is 0 Å². The van der Waals surface area contributed by atoms with Crippen LogP contribution in [0.2, 0.25) is 0 Å². The molecule has 1 aliphatic heterocycles. The van der Waals surface area contributed by atoms with Gasteiger partial charge in [-0.25, -0.2) is 18.4 Å². The van der Waals surface area contributed by atoms with Crippen LogP contribution < -0.4 is 4.57 Å². The molecule has 0 saturated carbocycles. The van der Waals surface area contributed by atoms with Crippen LogP contribution in [0.1, 0.15) is 11.3 Å². The molecule has 4 heterocycles. The second-order valence-corrected chi connectivity index (χ2v) is 8.36. The maximum atomic E-state index is 8.63. The van der Waals surface area contributed by atoms with Crippen LogP contribution in [0.15, 0.2) is 83.0 Å². The van der Waals surface area contributed by atoms with Gasteiger partial charge in [-0.3, -0.25) is 4.55 Å². The van der Waals surface area contributed by atoms with Gasteiger partial charge in [-0.1, -0.05) is 36.4 Å². The van der Waals surface area contributed by atoms with E-state index in [2.05, 4.69) is 58.9 Å². The summed E-state index contributed by atoms with van der Waals surface area (Å²) in [6, 6.07) is 20.6. The molecule has 34 heavy (non-hydrogen) atoms. The van der Waals surface area contributed by atoms with Crippen molar-refractivity contribution in [2.45, 2.75) is 6.92 Å². The molecule has 1 N–H and O–H groups in total. The SMILES string of the molecule is COC1=Nc2ccc[n+](C)c2C1=Nc1c(-c2ccccc2)c(C)c2ccccn12.O=S(=O)([O-])O. The molecule has 174 valence electrons. The highest BCUT2D eigenvalue weighted by Crippen LogP contribution is 2.39. The number of fused-ring (bicyclic) bond motifs is 2. The number of hydrogen-bond acceptors (Lipinski definition) is 6. The van der Waals surface area contributed by atoms with Crippen LogP contribution in [0, 0.1) is 6.92 Å². The Hall–Kier alpha value is -3.86. The standard InChI is InChI=1S/C24H21N4O.H2O4S/c1-16-19-13-7-8-15-28(19)23(20(16)17-10-5-4-6-11-17)26-21-22-18(25-24(21)29-3)12-9-14-27(22)2;1-5(2,3)4/h4-15H,1-3H3;(H2,1,2,3,4)/q+1;/p-1. The Balaban J connectivity index is 0.000000499. The molecule has 4 aromatic rings. The third-order valence-electron chi connectivity index (χ3n) is 5.35. The van der Waals surface area contributed by atoms with Crippen LogP contribution in [0.3, 0.4) is 0 Å². The van der Waals surface area contributed by atoms with Gasteiger partial charge < -0.3 is 13.7 Å². The number of aliphatic imine (C=N–C) groups is 2. The van der Waals surface area contributed by atoms with Crippen molar-refractivity contribution >= 4 is 39.0 Å². The topological polar surface area (TPSA) is 120 Å². The van der Waals surface area contributed by atoms with Gasteiger partial charge in [-0.15, -0.1) is 0 Å². The Kier molecular flexibility index (Phi) is 6.29. The molecule has 0 spiro atoms. The first-order valence-electron chi connectivity index (χ1n) is 10.2.